The van der Waals surface area contributed by atoms with E-state index < -0.39 is 12.1 Å². The quantitative estimate of drug-likeness (QED) is 0.162. The predicted molar refractivity (Wildman–Crippen MR) is 138 cm³/mol. The summed E-state index contributed by atoms with van der Waals surface area (Å²) < 4.78 is 45.2. The Morgan fingerprint density at radius 1 is 1.00 bits per heavy atom. The molecule has 11 heteroatoms. The fraction of sp³-hybridized carbons (Fsp3) is 0.148. The summed E-state index contributed by atoms with van der Waals surface area (Å²) in [4.78, 5) is 23.1. The Balaban J connectivity index is 0.000000426. The van der Waals surface area contributed by atoms with E-state index in [2.05, 4.69) is 62.7 Å². The highest BCUT2D eigenvalue weighted by atomic mass is 32.1. The zero-order valence-electron chi connectivity index (χ0n) is 19.8. The van der Waals surface area contributed by atoms with Crippen molar-refractivity contribution in [2.45, 2.75) is 19.1 Å². The first-order valence-electron chi connectivity index (χ1n) is 11.4. The van der Waals surface area contributed by atoms with Crippen molar-refractivity contribution in [3.8, 4) is 21.1 Å². The first-order valence-corrected chi connectivity index (χ1v) is 12.3. The molecule has 2 aromatic carbocycles. The highest BCUT2D eigenvalue weighted by molar-refractivity contribution is 7.18. The van der Waals surface area contributed by atoms with Crippen LogP contribution in [0.25, 0.3) is 32.2 Å². The number of alkyl halides is 3. The van der Waals surface area contributed by atoms with Gasteiger partial charge >= 0.3 is 12.1 Å². The van der Waals surface area contributed by atoms with Gasteiger partial charge < -0.3 is 15.4 Å². The number of pyridine rings is 1. The van der Waals surface area contributed by atoms with Gasteiger partial charge in [0.05, 0.1) is 15.9 Å². The molecule has 0 fully saturated rings. The number of rotatable bonds is 7. The molecule has 5 aromatic rings. The summed E-state index contributed by atoms with van der Waals surface area (Å²) in [5.41, 5.74) is 5.16. The fourth-order valence-corrected chi connectivity index (χ4v) is 4.47. The SMILES string of the molecule is Fc1ccc2nc(-c3ccc(-c4ccc(CNCCc5cccnc5)cc4)s3)[nH]c2c1.O=C(O)C(F)(F)F. The van der Waals surface area contributed by atoms with Crippen LogP contribution in [0.1, 0.15) is 11.1 Å². The number of thiophene rings is 1. The number of halogens is 4. The summed E-state index contributed by atoms with van der Waals surface area (Å²) in [5, 5.41) is 10.6. The number of carboxylic acid groups (broad SMARTS) is 1. The molecule has 0 aliphatic heterocycles. The molecule has 0 saturated heterocycles. The number of aromatic nitrogens is 3. The molecule has 0 bridgehead atoms. The first-order chi connectivity index (χ1) is 18.2. The molecule has 5 rings (SSSR count). The van der Waals surface area contributed by atoms with Crippen molar-refractivity contribution in [2.24, 2.45) is 0 Å². The van der Waals surface area contributed by atoms with Gasteiger partial charge in [0.2, 0.25) is 0 Å². The topological polar surface area (TPSA) is 90.9 Å². The number of fused-ring (bicyclic) bond motifs is 1. The average Bonchev–Trinajstić information content (AvgIpc) is 3.55. The molecular formula is C27H22F4N4O2S. The number of benzene rings is 2. The standard InChI is InChI=1S/C25H21FN4S.C2HF3O2/c26-20-7-8-21-22(14-20)30-25(29-21)24-10-9-23(31-24)19-5-3-18(4-6-19)16-28-13-11-17-2-1-12-27-15-17;3-2(4,5)1(6)7/h1-10,12,14-15,28H,11,13,16H2,(H,29,30);(H,6,7). The number of imidazole rings is 1. The zero-order chi connectivity index (χ0) is 27.1. The van der Waals surface area contributed by atoms with Gasteiger partial charge in [-0.1, -0.05) is 30.3 Å². The lowest BCUT2D eigenvalue weighted by molar-refractivity contribution is -0.192. The third-order valence-corrected chi connectivity index (χ3v) is 6.55. The minimum absolute atomic E-state index is 0.263. The number of aliphatic carboxylic acids is 1. The van der Waals surface area contributed by atoms with E-state index in [9.17, 15) is 17.6 Å². The van der Waals surface area contributed by atoms with Gasteiger partial charge in [-0.15, -0.1) is 11.3 Å². The van der Waals surface area contributed by atoms with Gasteiger partial charge in [0, 0.05) is 23.8 Å². The number of hydrogen-bond acceptors (Lipinski definition) is 5. The van der Waals surface area contributed by atoms with Crippen molar-refractivity contribution >= 4 is 28.3 Å². The van der Waals surface area contributed by atoms with Crippen molar-refractivity contribution < 1.29 is 27.5 Å². The van der Waals surface area contributed by atoms with E-state index in [1.54, 1.807) is 23.6 Å². The lowest BCUT2D eigenvalue weighted by atomic mass is 10.1. The van der Waals surface area contributed by atoms with Gasteiger partial charge in [-0.25, -0.2) is 14.2 Å². The van der Waals surface area contributed by atoms with Crippen LogP contribution in [0.5, 0.6) is 0 Å². The molecule has 3 aromatic heterocycles. The summed E-state index contributed by atoms with van der Waals surface area (Å²) in [6.45, 7) is 1.76. The van der Waals surface area contributed by atoms with Crippen molar-refractivity contribution in [1.82, 2.24) is 20.3 Å². The van der Waals surface area contributed by atoms with E-state index in [0.717, 1.165) is 35.7 Å². The molecular weight excluding hydrogens is 520 g/mol. The maximum atomic E-state index is 13.4. The Hall–Kier alpha value is -4.09. The van der Waals surface area contributed by atoms with E-state index in [1.807, 2.05) is 12.3 Å². The molecule has 0 aliphatic rings. The molecule has 0 saturated carbocycles. The van der Waals surface area contributed by atoms with Crippen LogP contribution >= 0.6 is 11.3 Å². The molecule has 196 valence electrons. The largest absolute Gasteiger partial charge is 0.490 e. The summed E-state index contributed by atoms with van der Waals surface area (Å²) in [6.07, 6.45) is -0.402. The molecule has 3 N–H and O–H groups in total. The Labute approximate surface area is 219 Å². The predicted octanol–water partition coefficient (Wildman–Crippen LogP) is 6.46. The van der Waals surface area contributed by atoms with Gasteiger partial charge in [0.1, 0.15) is 11.6 Å². The van der Waals surface area contributed by atoms with Gasteiger partial charge in [0.15, 0.2) is 0 Å². The van der Waals surface area contributed by atoms with Gasteiger partial charge in [-0.2, -0.15) is 13.2 Å². The molecule has 0 unspecified atom stereocenters. The van der Waals surface area contributed by atoms with Crippen molar-refractivity contribution in [2.75, 3.05) is 6.54 Å². The van der Waals surface area contributed by atoms with Crippen LogP contribution in [0.4, 0.5) is 17.6 Å². The molecule has 0 radical (unpaired) electrons. The lowest BCUT2D eigenvalue weighted by Crippen LogP contribution is -2.21. The number of nitrogens with zero attached hydrogens (tertiary/aromatic N) is 2. The van der Waals surface area contributed by atoms with E-state index in [1.165, 1.54) is 33.7 Å². The fourth-order valence-electron chi connectivity index (χ4n) is 3.52. The van der Waals surface area contributed by atoms with Crippen LogP contribution in [0.15, 0.2) is 79.1 Å². The molecule has 0 atom stereocenters. The van der Waals surface area contributed by atoms with Gasteiger partial charge in [-0.05, 0) is 66.1 Å². The molecule has 0 aliphatic carbocycles. The highest BCUT2D eigenvalue weighted by Gasteiger charge is 2.38. The minimum atomic E-state index is -5.08. The smallest absolute Gasteiger partial charge is 0.475 e. The third kappa shape index (κ3) is 7.24. The average molecular weight is 543 g/mol. The number of aromatic amines is 1. The zero-order valence-corrected chi connectivity index (χ0v) is 20.6. The summed E-state index contributed by atoms with van der Waals surface area (Å²) >= 11 is 1.67. The molecule has 0 spiro atoms. The number of carboxylic acids is 1. The number of carbonyl (C=O) groups is 1. The second kappa shape index (κ2) is 12.0. The van der Waals surface area contributed by atoms with E-state index in [-0.39, 0.29) is 5.82 Å². The van der Waals surface area contributed by atoms with E-state index >= 15 is 0 Å². The Morgan fingerprint density at radius 3 is 2.42 bits per heavy atom. The number of H-pyrrole nitrogens is 1. The van der Waals surface area contributed by atoms with Gasteiger partial charge in [0.25, 0.3) is 0 Å². The molecule has 3 heterocycles. The summed E-state index contributed by atoms with van der Waals surface area (Å²) in [7, 11) is 0. The Kier molecular flexibility index (Phi) is 8.49. The maximum Gasteiger partial charge on any atom is 0.490 e. The second-order valence-corrected chi connectivity index (χ2v) is 9.28. The van der Waals surface area contributed by atoms with Crippen LogP contribution in [-0.2, 0) is 17.8 Å². The van der Waals surface area contributed by atoms with Crippen LogP contribution in [-0.4, -0.2) is 38.7 Å². The van der Waals surface area contributed by atoms with Crippen molar-refractivity contribution in [1.29, 1.82) is 0 Å². The van der Waals surface area contributed by atoms with E-state index in [4.69, 9.17) is 9.90 Å². The summed E-state index contributed by atoms with van der Waals surface area (Å²) in [5.74, 6) is -2.25. The molecule has 6 nitrogen and oxygen atoms in total. The van der Waals surface area contributed by atoms with Crippen molar-refractivity contribution in [3.63, 3.8) is 0 Å². The lowest BCUT2D eigenvalue weighted by Gasteiger charge is -2.06. The Morgan fingerprint density at radius 2 is 1.74 bits per heavy atom. The first kappa shape index (κ1) is 27.0. The van der Waals surface area contributed by atoms with Crippen LogP contribution in [0, 0.1) is 5.82 Å². The van der Waals surface area contributed by atoms with Crippen LogP contribution in [0.3, 0.4) is 0 Å². The van der Waals surface area contributed by atoms with Crippen LogP contribution < -0.4 is 5.32 Å². The normalized spacial score (nSPS) is 11.3. The second-order valence-electron chi connectivity index (χ2n) is 8.20. The van der Waals surface area contributed by atoms with Crippen LogP contribution in [0.2, 0.25) is 0 Å². The highest BCUT2D eigenvalue weighted by Crippen LogP contribution is 2.34. The molecule has 0 amide bonds. The maximum absolute atomic E-state index is 13.4. The Bertz CT molecular complexity index is 1500. The number of hydrogen-bond donors (Lipinski definition) is 3. The van der Waals surface area contributed by atoms with Crippen molar-refractivity contribution in [3.05, 3.63) is 96.1 Å². The molecule has 38 heavy (non-hydrogen) atoms. The van der Waals surface area contributed by atoms with Gasteiger partial charge in [-0.3, -0.25) is 4.98 Å². The number of nitrogens with one attached hydrogen (secondary N) is 2. The summed E-state index contributed by atoms with van der Waals surface area (Å²) in [6, 6.07) is 21.5. The monoisotopic (exact) mass is 542 g/mol. The van der Waals surface area contributed by atoms with E-state index in [0.29, 0.717) is 5.52 Å². The third-order valence-electron chi connectivity index (χ3n) is 5.41. The minimum Gasteiger partial charge on any atom is -0.475 e.